The third-order valence-corrected chi connectivity index (χ3v) is 9.72. The molecule has 0 saturated heterocycles. The van der Waals surface area contributed by atoms with E-state index in [9.17, 15) is 4.79 Å². The van der Waals surface area contributed by atoms with Gasteiger partial charge in [-0.1, -0.05) is 30.7 Å². The molecule has 0 unspecified atom stereocenters. The molecule has 1 saturated carbocycles. The van der Waals surface area contributed by atoms with Crippen LogP contribution in [0, 0.1) is 0 Å². The van der Waals surface area contributed by atoms with E-state index in [2.05, 4.69) is 39.0 Å². The normalized spacial score (nSPS) is 20.3. The van der Waals surface area contributed by atoms with E-state index in [1.54, 1.807) is 17.2 Å². The molecule has 8 heteroatoms. The summed E-state index contributed by atoms with van der Waals surface area (Å²) in [7, 11) is 3.72. The van der Waals surface area contributed by atoms with Crippen LogP contribution in [-0.2, 0) is 37.2 Å². The fourth-order valence-corrected chi connectivity index (χ4v) is 6.79. The molecule has 2 aromatic carbocycles. The first kappa shape index (κ1) is 30.3. The average Bonchev–Trinajstić information content (AvgIpc) is 3.30. The van der Waals surface area contributed by atoms with Gasteiger partial charge in [0.05, 0.1) is 20.3 Å². The van der Waals surface area contributed by atoms with Gasteiger partial charge in [0.25, 0.3) is 0 Å². The minimum atomic E-state index is -0.158. The van der Waals surface area contributed by atoms with Crippen LogP contribution in [0.5, 0.6) is 5.75 Å². The number of imidazole rings is 1. The summed E-state index contributed by atoms with van der Waals surface area (Å²) < 4.78 is 13.2. The summed E-state index contributed by atoms with van der Waals surface area (Å²) >= 11 is 0. The van der Waals surface area contributed by atoms with Crippen molar-refractivity contribution in [2.75, 3.05) is 27.3 Å². The maximum atomic E-state index is 13.7. The van der Waals surface area contributed by atoms with Gasteiger partial charge in [0.1, 0.15) is 11.1 Å². The van der Waals surface area contributed by atoms with Gasteiger partial charge in [0, 0.05) is 38.4 Å². The van der Waals surface area contributed by atoms with E-state index in [1.807, 2.05) is 39.1 Å². The zero-order valence-corrected chi connectivity index (χ0v) is 26.8. The zero-order valence-electron chi connectivity index (χ0n) is 26.8. The molecule has 0 radical (unpaired) electrons. The second-order valence-corrected chi connectivity index (χ2v) is 12.6. The van der Waals surface area contributed by atoms with Crippen LogP contribution >= 0.6 is 0 Å². The largest absolute Gasteiger partial charge is 0.497 e. The van der Waals surface area contributed by atoms with Crippen molar-refractivity contribution >= 4 is 5.70 Å². The molecule has 234 valence electrons. The third kappa shape index (κ3) is 6.50. The first-order valence-electron chi connectivity index (χ1n) is 16.3. The van der Waals surface area contributed by atoms with Gasteiger partial charge in [0.15, 0.2) is 5.49 Å². The number of nitrogens with one attached hydrogen (secondary N) is 1. The molecule has 6 rings (SSSR count). The first-order chi connectivity index (χ1) is 21.4. The molecule has 1 fully saturated rings. The fraction of sp³-hybridized carbons (Fsp3) is 0.500. The van der Waals surface area contributed by atoms with E-state index in [-0.39, 0.29) is 5.69 Å². The summed E-state index contributed by atoms with van der Waals surface area (Å²) in [5.74, 6) is 1.38. The molecule has 0 spiro atoms. The molecule has 1 aromatic heterocycles. The summed E-state index contributed by atoms with van der Waals surface area (Å²) in [5.41, 5.74) is 8.16. The highest BCUT2D eigenvalue weighted by Gasteiger charge is 2.29. The Balaban J connectivity index is 1.42. The van der Waals surface area contributed by atoms with Gasteiger partial charge >= 0.3 is 5.69 Å². The summed E-state index contributed by atoms with van der Waals surface area (Å²) in [6.45, 7) is 7.91. The Labute approximate surface area is 260 Å². The molecule has 0 atom stereocenters. The van der Waals surface area contributed by atoms with Gasteiger partial charge in [-0.05, 0) is 105 Å². The summed E-state index contributed by atoms with van der Waals surface area (Å²) in [5, 5.41) is 0.718. The molecule has 2 aliphatic heterocycles. The van der Waals surface area contributed by atoms with Crippen LogP contribution in [0.2, 0.25) is 0 Å². The number of methoxy groups -OCH3 is 1. The SMILES string of the molecule is C\C=C1/N=c2\c(=C(/C)N(C)Cc3ccc(OC)cc3)[nH]c(=O)n2Cc2cc(c3c(c2)CN(C2CCC2)CC3)CCCCCO1. The number of aromatic nitrogens is 2. The lowest BCUT2D eigenvalue weighted by molar-refractivity contribution is 0.113. The van der Waals surface area contributed by atoms with Gasteiger partial charge in [-0.2, -0.15) is 4.99 Å². The molecule has 2 bridgehead atoms. The summed E-state index contributed by atoms with van der Waals surface area (Å²) in [6.07, 6.45) is 11.3. The molecular weight excluding hydrogens is 550 g/mol. The predicted molar refractivity (Wildman–Crippen MR) is 174 cm³/mol. The standard InChI is InChI=1S/C36H47N5O3/c1-5-33-37-35-34(25(2)39(3)22-26-13-15-31(43-4)16-14-26)38-36(42)41(35)23-27-20-28(10-7-6-8-19-44-33)32-17-18-40(24-29(32)21-27)30-11-9-12-30/h5,13-16,20-21,30H,6-12,17-19,22-24H2,1-4H3,(H,38,42)/b33-5+,34-25-,37-35+. The van der Waals surface area contributed by atoms with E-state index in [0.29, 0.717) is 31.1 Å². The second-order valence-electron chi connectivity index (χ2n) is 12.6. The quantitative estimate of drug-likeness (QED) is 0.465. The number of benzene rings is 2. The van der Waals surface area contributed by atoms with Crippen molar-refractivity contribution in [1.29, 1.82) is 0 Å². The van der Waals surface area contributed by atoms with E-state index < -0.39 is 0 Å². The highest BCUT2D eigenvalue weighted by atomic mass is 16.5. The average molecular weight is 598 g/mol. The topological polar surface area (TPSA) is 75.1 Å². The number of H-pyrrole nitrogens is 1. The second kappa shape index (κ2) is 13.5. The molecule has 1 aliphatic carbocycles. The smallest absolute Gasteiger partial charge is 0.328 e. The molecule has 0 amide bonds. The monoisotopic (exact) mass is 597 g/mol. The number of ether oxygens (including phenoxy) is 2. The van der Waals surface area contributed by atoms with Crippen LogP contribution in [-0.4, -0.2) is 52.7 Å². The van der Waals surface area contributed by atoms with Crippen LogP contribution in [0.15, 0.2) is 58.1 Å². The van der Waals surface area contributed by atoms with Gasteiger partial charge in [-0.25, -0.2) is 4.79 Å². The lowest BCUT2D eigenvalue weighted by atomic mass is 9.86. The highest BCUT2D eigenvalue weighted by Crippen LogP contribution is 2.32. The number of allylic oxidation sites excluding steroid dienone is 1. The Morgan fingerprint density at radius 1 is 1.09 bits per heavy atom. The van der Waals surface area contributed by atoms with Gasteiger partial charge in [-0.3, -0.25) is 9.47 Å². The Morgan fingerprint density at radius 3 is 2.61 bits per heavy atom. The summed E-state index contributed by atoms with van der Waals surface area (Å²) in [4.78, 5) is 26.7. The number of nitrogens with zero attached hydrogens (tertiary/aromatic N) is 4. The first-order valence-corrected chi connectivity index (χ1v) is 16.3. The van der Waals surface area contributed by atoms with E-state index in [4.69, 9.17) is 14.5 Å². The van der Waals surface area contributed by atoms with Gasteiger partial charge < -0.3 is 19.4 Å². The van der Waals surface area contributed by atoms with Crippen LogP contribution in [0.1, 0.15) is 80.2 Å². The predicted octanol–water partition coefficient (Wildman–Crippen LogP) is 4.63. The lowest BCUT2D eigenvalue weighted by Gasteiger charge is -2.41. The van der Waals surface area contributed by atoms with Crippen molar-refractivity contribution in [2.24, 2.45) is 4.99 Å². The Bertz CT molecular complexity index is 1680. The van der Waals surface area contributed by atoms with E-state index >= 15 is 0 Å². The molecule has 44 heavy (non-hydrogen) atoms. The van der Waals surface area contributed by atoms with Crippen molar-refractivity contribution in [3.05, 3.63) is 97.5 Å². The number of hydrogen-bond acceptors (Lipinski definition) is 6. The third-order valence-electron chi connectivity index (χ3n) is 9.72. The molecule has 1 N–H and O–H groups in total. The number of fused-ring (bicyclic) bond motifs is 5. The van der Waals surface area contributed by atoms with E-state index in [0.717, 1.165) is 73.6 Å². The molecule has 3 heterocycles. The highest BCUT2D eigenvalue weighted by molar-refractivity contribution is 5.42. The number of aryl methyl sites for hydroxylation is 1. The molecule has 3 aliphatic rings. The van der Waals surface area contributed by atoms with Crippen LogP contribution in [0.4, 0.5) is 0 Å². The van der Waals surface area contributed by atoms with Crippen molar-refractivity contribution in [1.82, 2.24) is 19.4 Å². The maximum Gasteiger partial charge on any atom is 0.328 e. The number of hydrogen-bond donors (Lipinski definition) is 1. The summed E-state index contributed by atoms with van der Waals surface area (Å²) in [6, 6.07) is 13.5. The van der Waals surface area contributed by atoms with Crippen molar-refractivity contribution in [2.45, 2.75) is 90.9 Å². The fourth-order valence-electron chi connectivity index (χ4n) is 6.79. The Kier molecular flexibility index (Phi) is 9.26. The minimum Gasteiger partial charge on any atom is -0.497 e. The van der Waals surface area contributed by atoms with Crippen LogP contribution in [0.25, 0.3) is 5.70 Å². The van der Waals surface area contributed by atoms with Crippen molar-refractivity contribution < 1.29 is 9.47 Å². The molecule has 8 nitrogen and oxygen atoms in total. The van der Waals surface area contributed by atoms with Gasteiger partial charge in [0.2, 0.25) is 5.88 Å². The van der Waals surface area contributed by atoms with Crippen LogP contribution < -0.4 is 21.3 Å². The minimum absolute atomic E-state index is 0.158. The maximum absolute atomic E-state index is 13.7. The van der Waals surface area contributed by atoms with Crippen molar-refractivity contribution in [3.63, 3.8) is 0 Å². The lowest BCUT2D eigenvalue weighted by Crippen LogP contribution is -2.43. The number of aromatic amines is 1. The molecular formula is C36H47N5O3. The number of rotatable bonds is 5. The molecule has 3 aromatic rings. The van der Waals surface area contributed by atoms with E-state index in [1.165, 1.54) is 36.0 Å². The Hall–Kier alpha value is -3.78. The Morgan fingerprint density at radius 2 is 1.89 bits per heavy atom. The van der Waals surface area contributed by atoms with Crippen molar-refractivity contribution in [3.8, 4) is 5.75 Å². The zero-order chi connectivity index (χ0) is 30.6. The van der Waals surface area contributed by atoms with Crippen LogP contribution in [0.3, 0.4) is 0 Å². The van der Waals surface area contributed by atoms with Gasteiger partial charge in [-0.15, -0.1) is 0 Å².